The van der Waals surface area contributed by atoms with Gasteiger partial charge in [0, 0.05) is 5.56 Å². The van der Waals surface area contributed by atoms with Crippen molar-refractivity contribution in [3.63, 3.8) is 0 Å². The Balaban J connectivity index is 0.000000758. The third kappa shape index (κ3) is 5.65. The average Bonchev–Trinajstić information content (AvgIpc) is 2.60. The molecule has 0 saturated heterocycles. The summed E-state index contributed by atoms with van der Waals surface area (Å²) >= 11 is -0.826. The van der Waals surface area contributed by atoms with Crippen molar-refractivity contribution < 1.29 is 26.0 Å². The topological polar surface area (TPSA) is 45.0 Å². The van der Waals surface area contributed by atoms with Gasteiger partial charge >= 0.3 is 37.9 Å². The summed E-state index contributed by atoms with van der Waals surface area (Å²) in [5, 5.41) is 19.3. The predicted octanol–water partition coefficient (Wildman–Crippen LogP) is 7.36. The first kappa shape index (κ1) is 21.6. The molecule has 3 rings (SSSR count). The fraction of sp³-hybridized carbons (Fsp3) is 0.400. The van der Waals surface area contributed by atoms with Gasteiger partial charge < -0.3 is 5.11 Å². The van der Waals surface area contributed by atoms with Crippen LogP contribution in [0.1, 0.15) is 50.3 Å². The molecule has 1 aliphatic rings. The number of phenols is 1. The van der Waals surface area contributed by atoms with Crippen molar-refractivity contribution in [3.8, 4) is 5.75 Å². The van der Waals surface area contributed by atoms with Crippen molar-refractivity contribution in [3.05, 3.63) is 53.1 Å². The molecule has 0 heterocycles. The van der Waals surface area contributed by atoms with Crippen molar-refractivity contribution in [2.75, 3.05) is 0 Å². The van der Waals surface area contributed by atoms with Crippen molar-refractivity contribution in [1.82, 2.24) is 0 Å². The van der Waals surface area contributed by atoms with Gasteiger partial charge in [-0.3, -0.25) is 0 Å². The Hall–Kier alpha value is -0.697. The van der Waals surface area contributed by atoms with Crippen LogP contribution in [0, 0.1) is 0 Å². The Morgan fingerprint density at radius 1 is 0.923 bits per heavy atom. The average molecular weight is 471 g/mol. The van der Waals surface area contributed by atoms with Gasteiger partial charge in [0.25, 0.3) is 0 Å². The summed E-state index contributed by atoms with van der Waals surface area (Å²) in [6.07, 6.45) is 4.66. The number of aryl methyl sites for hydroxylation is 1. The summed E-state index contributed by atoms with van der Waals surface area (Å²) in [5.74, 6) is 0.230. The minimum atomic E-state index is -0.826. The van der Waals surface area contributed by atoms with Crippen molar-refractivity contribution in [2.24, 2.45) is 10.2 Å². The molecule has 0 atom stereocenters. The van der Waals surface area contributed by atoms with Crippen LogP contribution >= 0.6 is 17.0 Å². The number of para-hydroxylation sites is 1. The van der Waals surface area contributed by atoms with Gasteiger partial charge in [0.15, 0.2) is 0 Å². The second kappa shape index (κ2) is 10.0. The summed E-state index contributed by atoms with van der Waals surface area (Å²) < 4.78 is 0. The van der Waals surface area contributed by atoms with Gasteiger partial charge in [-0.05, 0) is 54.4 Å². The number of hydrogen-bond acceptors (Lipinski definition) is 3. The van der Waals surface area contributed by atoms with E-state index >= 15 is 0 Å². The SMILES string of the molecule is CC(C)(C)c1cccc(N=Nc2cccc3c2CCCC3)c1O.[Cl][Zr][Cl]. The Kier molecular flexibility index (Phi) is 8.32. The number of rotatable bonds is 2. The van der Waals surface area contributed by atoms with Crippen LogP contribution in [0.4, 0.5) is 11.4 Å². The van der Waals surface area contributed by atoms with Gasteiger partial charge in [0.1, 0.15) is 11.4 Å². The number of azo groups is 1. The molecule has 3 nitrogen and oxygen atoms in total. The Morgan fingerprint density at radius 3 is 2.19 bits per heavy atom. The molecule has 1 aliphatic carbocycles. The van der Waals surface area contributed by atoms with Crippen LogP contribution in [0.15, 0.2) is 46.6 Å². The van der Waals surface area contributed by atoms with E-state index in [1.807, 2.05) is 30.3 Å². The molecule has 26 heavy (non-hydrogen) atoms. The molecule has 0 bridgehead atoms. The van der Waals surface area contributed by atoms with Crippen molar-refractivity contribution in [1.29, 1.82) is 0 Å². The molecule has 0 amide bonds. The summed E-state index contributed by atoms with van der Waals surface area (Å²) in [6, 6.07) is 11.9. The molecule has 2 aromatic carbocycles. The first-order valence-corrected chi connectivity index (χ1v) is 15.0. The third-order valence-electron chi connectivity index (χ3n) is 4.46. The molecule has 0 saturated carbocycles. The van der Waals surface area contributed by atoms with E-state index < -0.39 is 20.8 Å². The monoisotopic (exact) mass is 468 g/mol. The Labute approximate surface area is 174 Å². The van der Waals surface area contributed by atoms with E-state index in [1.165, 1.54) is 24.0 Å². The van der Waals surface area contributed by atoms with E-state index in [4.69, 9.17) is 17.0 Å². The number of fused-ring (bicyclic) bond motifs is 1. The van der Waals surface area contributed by atoms with Crippen LogP contribution in [0.3, 0.4) is 0 Å². The van der Waals surface area contributed by atoms with Gasteiger partial charge in [-0.15, -0.1) is 5.11 Å². The van der Waals surface area contributed by atoms with E-state index in [0.29, 0.717) is 5.69 Å². The fourth-order valence-electron chi connectivity index (χ4n) is 3.18. The molecule has 0 aromatic heterocycles. The van der Waals surface area contributed by atoms with Gasteiger partial charge in [-0.25, -0.2) is 0 Å². The quantitative estimate of drug-likeness (QED) is 0.458. The van der Waals surface area contributed by atoms with Crippen LogP contribution < -0.4 is 0 Å². The van der Waals surface area contributed by atoms with E-state index in [1.54, 1.807) is 0 Å². The fourth-order valence-corrected chi connectivity index (χ4v) is 3.18. The maximum absolute atomic E-state index is 10.5. The van der Waals surface area contributed by atoms with Crippen LogP contribution in [0.25, 0.3) is 0 Å². The summed E-state index contributed by atoms with van der Waals surface area (Å²) in [6.45, 7) is 6.24. The standard InChI is InChI=1S/C20H24N2O.2ClH.Zr/c1-20(2,3)16-11-7-13-18(19(16)23)22-21-17-12-6-9-14-8-4-5-10-15(14)17;;;/h6-7,9,11-13,23H,4-5,8,10H2,1-3H3;2*1H;/q;;;+2/p-2. The van der Waals surface area contributed by atoms with Gasteiger partial charge in [0.05, 0.1) is 5.69 Å². The van der Waals surface area contributed by atoms with Crippen molar-refractivity contribution >= 4 is 28.4 Å². The van der Waals surface area contributed by atoms with E-state index in [9.17, 15) is 5.11 Å². The van der Waals surface area contributed by atoms with Crippen LogP contribution in [-0.2, 0) is 39.1 Å². The molecule has 6 heteroatoms. The molecular formula is C20H24Cl2N2OZr. The number of nitrogens with zero attached hydrogens (tertiary/aromatic N) is 2. The molecule has 2 aromatic rings. The van der Waals surface area contributed by atoms with E-state index in [0.717, 1.165) is 24.1 Å². The second-order valence-electron chi connectivity index (χ2n) is 7.32. The first-order chi connectivity index (χ1) is 12.4. The van der Waals surface area contributed by atoms with Crippen molar-refractivity contribution in [2.45, 2.75) is 51.9 Å². The molecular weight excluding hydrogens is 446 g/mol. The molecule has 1 N–H and O–H groups in total. The zero-order valence-electron chi connectivity index (χ0n) is 15.4. The number of benzene rings is 2. The maximum atomic E-state index is 10.5. The summed E-state index contributed by atoms with van der Waals surface area (Å²) in [7, 11) is 9.87. The van der Waals surface area contributed by atoms with Gasteiger partial charge in [-0.2, -0.15) is 5.11 Å². The normalized spacial score (nSPS) is 13.7. The number of hydrogen-bond donors (Lipinski definition) is 1. The van der Waals surface area contributed by atoms with Crippen LogP contribution in [-0.4, -0.2) is 5.11 Å². The molecule has 0 radical (unpaired) electrons. The zero-order chi connectivity index (χ0) is 19.2. The number of aromatic hydroxyl groups is 1. The predicted molar refractivity (Wildman–Crippen MR) is 106 cm³/mol. The van der Waals surface area contributed by atoms with Gasteiger partial charge in [0.2, 0.25) is 0 Å². The Bertz CT molecular complexity index is 773. The van der Waals surface area contributed by atoms with E-state index in [2.05, 4.69) is 37.1 Å². The molecule has 138 valence electrons. The van der Waals surface area contributed by atoms with E-state index in [-0.39, 0.29) is 11.2 Å². The van der Waals surface area contributed by atoms with Gasteiger partial charge in [-0.1, -0.05) is 45.0 Å². The third-order valence-corrected chi connectivity index (χ3v) is 4.46. The minimum absolute atomic E-state index is 0.123. The molecule has 0 fully saturated rings. The second-order valence-corrected chi connectivity index (χ2v) is 11.0. The number of phenolic OH excluding ortho intramolecular Hbond substituents is 1. The molecule has 0 spiro atoms. The Morgan fingerprint density at radius 2 is 1.50 bits per heavy atom. The molecule has 0 aliphatic heterocycles. The summed E-state index contributed by atoms with van der Waals surface area (Å²) in [5.41, 5.74) is 4.94. The zero-order valence-corrected chi connectivity index (χ0v) is 19.4. The number of halogens is 2. The first-order valence-electron chi connectivity index (χ1n) is 8.69. The van der Waals surface area contributed by atoms with Crippen LogP contribution in [0.5, 0.6) is 5.75 Å². The molecule has 0 unspecified atom stereocenters. The summed E-state index contributed by atoms with van der Waals surface area (Å²) in [4.78, 5) is 0. The van der Waals surface area contributed by atoms with Crippen LogP contribution in [0.2, 0.25) is 0 Å².